The van der Waals surface area contributed by atoms with E-state index >= 15 is 0 Å². The highest BCUT2D eigenvalue weighted by atomic mass is 16.5. The number of hydrogen-bond acceptors (Lipinski definition) is 6. The zero-order valence-corrected chi connectivity index (χ0v) is 19.9. The number of ketones is 1. The minimum absolute atomic E-state index is 0.0206. The molecular formula is C29H28N2O5. The number of anilines is 1. The largest absolute Gasteiger partial charge is 0.504 e. The molecule has 7 nitrogen and oxygen atoms in total. The molecule has 5 atom stereocenters. The van der Waals surface area contributed by atoms with Crippen LogP contribution in [0.15, 0.2) is 36.4 Å². The number of carbonyl (C=O) groups is 2. The van der Waals surface area contributed by atoms with Gasteiger partial charge in [0.25, 0.3) is 0 Å². The first kappa shape index (κ1) is 21.9. The second kappa shape index (κ2) is 7.34. The molecule has 7 rings (SSSR count). The number of ether oxygens (including phenoxy) is 1. The summed E-state index contributed by atoms with van der Waals surface area (Å²) >= 11 is 0. The van der Waals surface area contributed by atoms with Crippen molar-refractivity contribution in [3.8, 4) is 23.8 Å². The molecule has 36 heavy (non-hydrogen) atoms. The molecule has 3 fully saturated rings. The van der Waals surface area contributed by atoms with Crippen molar-refractivity contribution in [1.29, 1.82) is 0 Å². The summed E-state index contributed by atoms with van der Waals surface area (Å²) in [5.41, 5.74) is 0.610. The Bertz CT molecular complexity index is 1360. The summed E-state index contributed by atoms with van der Waals surface area (Å²) in [5, 5.41) is 26.1. The summed E-state index contributed by atoms with van der Waals surface area (Å²) in [6.45, 7) is 1.67. The normalized spacial score (nSPS) is 33.9. The number of aliphatic hydroxyl groups is 1. The fourth-order valence-electron chi connectivity index (χ4n) is 7.44. The van der Waals surface area contributed by atoms with Crippen LogP contribution in [0.2, 0.25) is 0 Å². The topological polar surface area (TPSA) is 99.1 Å². The van der Waals surface area contributed by atoms with Crippen LogP contribution >= 0.6 is 0 Å². The Kier molecular flexibility index (Phi) is 4.47. The first-order valence-corrected chi connectivity index (χ1v) is 12.8. The Labute approximate surface area is 209 Å². The Morgan fingerprint density at radius 2 is 2.11 bits per heavy atom. The van der Waals surface area contributed by atoms with E-state index in [1.54, 1.807) is 30.3 Å². The van der Waals surface area contributed by atoms with E-state index in [4.69, 9.17) is 11.2 Å². The predicted octanol–water partition coefficient (Wildman–Crippen LogP) is 2.37. The van der Waals surface area contributed by atoms with Crippen molar-refractivity contribution in [3.05, 3.63) is 53.1 Å². The van der Waals surface area contributed by atoms with Gasteiger partial charge in [-0.05, 0) is 74.4 Å². The van der Waals surface area contributed by atoms with E-state index in [-0.39, 0.29) is 24.0 Å². The van der Waals surface area contributed by atoms with Gasteiger partial charge in [-0.2, -0.15) is 0 Å². The summed E-state index contributed by atoms with van der Waals surface area (Å²) in [4.78, 5) is 29.8. The van der Waals surface area contributed by atoms with E-state index in [1.165, 1.54) is 12.8 Å². The van der Waals surface area contributed by atoms with Crippen molar-refractivity contribution < 1.29 is 24.5 Å². The molecular weight excluding hydrogens is 456 g/mol. The highest BCUT2D eigenvalue weighted by molar-refractivity contribution is 6.10. The van der Waals surface area contributed by atoms with Crippen LogP contribution in [-0.4, -0.2) is 57.6 Å². The van der Waals surface area contributed by atoms with Gasteiger partial charge in [-0.25, -0.2) is 0 Å². The van der Waals surface area contributed by atoms with Gasteiger partial charge >= 0.3 is 0 Å². The lowest BCUT2D eigenvalue weighted by Gasteiger charge is -2.63. The van der Waals surface area contributed by atoms with Crippen molar-refractivity contribution in [2.24, 2.45) is 11.8 Å². The molecule has 0 aromatic heterocycles. The number of nitrogens with one attached hydrogen (secondary N) is 1. The van der Waals surface area contributed by atoms with Crippen molar-refractivity contribution in [1.82, 2.24) is 4.90 Å². The molecule has 1 spiro atoms. The van der Waals surface area contributed by atoms with Gasteiger partial charge < -0.3 is 20.3 Å². The summed E-state index contributed by atoms with van der Waals surface area (Å²) in [5.74, 6) is 1.56. The van der Waals surface area contributed by atoms with Gasteiger partial charge in [-0.15, -0.1) is 6.42 Å². The van der Waals surface area contributed by atoms with Crippen LogP contribution in [0.3, 0.4) is 0 Å². The number of hydrogen-bond donors (Lipinski definition) is 3. The third kappa shape index (κ3) is 2.77. The molecule has 184 valence electrons. The molecule has 1 amide bonds. The van der Waals surface area contributed by atoms with Gasteiger partial charge in [0.2, 0.25) is 5.91 Å². The summed E-state index contributed by atoms with van der Waals surface area (Å²) in [7, 11) is 0. The van der Waals surface area contributed by atoms with Gasteiger partial charge in [0, 0.05) is 29.4 Å². The Morgan fingerprint density at radius 1 is 1.28 bits per heavy atom. The monoisotopic (exact) mass is 484 g/mol. The average Bonchev–Trinajstić information content (AvgIpc) is 3.61. The van der Waals surface area contributed by atoms with E-state index in [1.807, 2.05) is 6.07 Å². The fourth-order valence-corrected chi connectivity index (χ4v) is 7.44. The number of amides is 1. The Morgan fingerprint density at radius 3 is 2.89 bits per heavy atom. The molecule has 2 saturated carbocycles. The number of likely N-dealkylation sites (tertiary alicyclic amines) is 1. The molecule has 2 aromatic rings. The van der Waals surface area contributed by atoms with E-state index in [2.05, 4.69) is 16.1 Å². The number of phenolic OH excluding ortho intramolecular Hbond substituents is 1. The number of Topliss-reactive ketones (excluding diaryl/α,β-unsaturated/α-hetero) is 1. The molecule has 2 heterocycles. The third-order valence-corrected chi connectivity index (χ3v) is 9.24. The van der Waals surface area contributed by atoms with E-state index in [0.29, 0.717) is 35.8 Å². The number of piperidine rings is 1. The number of aromatic hydroxyl groups is 1. The van der Waals surface area contributed by atoms with Crippen LogP contribution in [0.5, 0.6) is 11.5 Å². The molecule has 2 aromatic carbocycles. The maximum Gasteiger partial charge on any atom is 0.235 e. The third-order valence-electron chi connectivity index (χ3n) is 9.24. The number of carbonyl (C=O) groups excluding carboxylic acids is 2. The van der Waals surface area contributed by atoms with Crippen molar-refractivity contribution in [2.45, 2.75) is 55.3 Å². The lowest BCUT2D eigenvalue weighted by Crippen LogP contribution is -2.78. The van der Waals surface area contributed by atoms with Gasteiger partial charge in [0.1, 0.15) is 5.92 Å². The van der Waals surface area contributed by atoms with Crippen molar-refractivity contribution >= 4 is 17.4 Å². The maximum atomic E-state index is 13.9. The molecule has 2 aliphatic heterocycles. The summed E-state index contributed by atoms with van der Waals surface area (Å²) < 4.78 is 6.20. The molecule has 0 radical (unpaired) electrons. The molecule has 1 saturated heterocycles. The molecule has 3 N–H and O–H groups in total. The van der Waals surface area contributed by atoms with Crippen LogP contribution in [0.4, 0.5) is 5.69 Å². The molecule has 3 aliphatic carbocycles. The summed E-state index contributed by atoms with van der Waals surface area (Å²) in [6, 6.07) is 10.2. The highest BCUT2D eigenvalue weighted by Gasteiger charge is 2.75. The number of nitrogens with zero attached hydrogens (tertiary/aromatic N) is 1. The van der Waals surface area contributed by atoms with Gasteiger partial charge in [-0.3, -0.25) is 14.5 Å². The molecule has 5 aliphatic rings. The Hall–Kier alpha value is -3.34. The molecule has 7 heteroatoms. The second-order valence-electron chi connectivity index (χ2n) is 11.1. The first-order chi connectivity index (χ1) is 17.4. The lowest BCUT2D eigenvalue weighted by molar-refractivity contribution is -0.197. The minimum Gasteiger partial charge on any atom is -0.504 e. The fraction of sp³-hybridized carbons (Fsp3) is 0.448. The van der Waals surface area contributed by atoms with Gasteiger partial charge in [0.15, 0.2) is 23.4 Å². The summed E-state index contributed by atoms with van der Waals surface area (Å²) in [6.07, 6.45) is 8.05. The highest BCUT2D eigenvalue weighted by Crippen LogP contribution is 2.65. The molecule has 1 unspecified atom stereocenters. The number of terminal acetylenes is 1. The van der Waals surface area contributed by atoms with Crippen LogP contribution in [0.25, 0.3) is 0 Å². The van der Waals surface area contributed by atoms with Crippen LogP contribution < -0.4 is 10.1 Å². The zero-order chi connectivity index (χ0) is 24.8. The maximum absolute atomic E-state index is 13.9. The zero-order valence-electron chi connectivity index (χ0n) is 19.9. The SMILES string of the molecule is C#Cc1cccc(NC(=O)C2C[C@@]3(O)[C@H]4Cc5ccc(O)c6c5[C@@]3(CCN4CC3CC3)[C@@H](O6)C2=O)c1. The van der Waals surface area contributed by atoms with E-state index in [9.17, 15) is 19.8 Å². The second-order valence-corrected chi connectivity index (χ2v) is 11.1. The first-order valence-electron chi connectivity index (χ1n) is 12.8. The van der Waals surface area contributed by atoms with Gasteiger partial charge in [-0.1, -0.05) is 18.1 Å². The van der Waals surface area contributed by atoms with Gasteiger partial charge in [0.05, 0.1) is 11.0 Å². The number of phenols is 1. The smallest absolute Gasteiger partial charge is 0.235 e. The van der Waals surface area contributed by atoms with E-state index in [0.717, 1.165) is 24.2 Å². The van der Waals surface area contributed by atoms with Crippen molar-refractivity contribution in [2.75, 3.05) is 18.4 Å². The number of rotatable bonds is 4. The van der Waals surface area contributed by atoms with Crippen molar-refractivity contribution in [3.63, 3.8) is 0 Å². The van der Waals surface area contributed by atoms with Crippen LogP contribution in [-0.2, 0) is 21.4 Å². The lowest BCUT2D eigenvalue weighted by atomic mass is 9.47. The quantitative estimate of drug-likeness (QED) is 0.455. The van der Waals surface area contributed by atoms with Crippen LogP contribution in [0.1, 0.15) is 42.4 Å². The van der Waals surface area contributed by atoms with Crippen LogP contribution in [0, 0.1) is 24.2 Å². The predicted molar refractivity (Wildman–Crippen MR) is 132 cm³/mol. The van der Waals surface area contributed by atoms with E-state index < -0.39 is 28.9 Å². The Balaban J connectivity index is 1.31. The number of benzene rings is 2. The minimum atomic E-state index is -1.34. The standard InChI is InChI=1S/C29H28N2O5/c1-2-16-4-3-5-19(12-16)30-27(34)20-14-29(35)22-13-18-8-9-21(32)25-23(18)28(29,26(36-25)24(20)33)10-11-31(22)15-17-6-7-17/h1,3-5,8-9,12,17,20,22,26,32,35H,6-7,10-11,13-15H2,(H,30,34)/t20?,22-,26+,28+,29-/m1/s1. The average molecular weight is 485 g/mol. The molecule has 2 bridgehead atoms.